The summed E-state index contributed by atoms with van der Waals surface area (Å²) in [6.07, 6.45) is 0.780. The Labute approximate surface area is 128 Å². The van der Waals surface area contributed by atoms with Gasteiger partial charge < -0.3 is 10.4 Å². The number of aliphatic carboxylic acids is 1. The molecule has 0 aliphatic carbocycles. The molecule has 0 saturated carbocycles. The summed E-state index contributed by atoms with van der Waals surface area (Å²) in [5.41, 5.74) is 0.527. The third-order valence-corrected chi connectivity index (χ3v) is 3.95. The zero-order valence-corrected chi connectivity index (χ0v) is 13.6. The van der Waals surface area contributed by atoms with Crippen LogP contribution >= 0.6 is 31.9 Å². The Balaban J connectivity index is 2.64. The first-order valence-electron chi connectivity index (χ1n) is 5.89. The van der Waals surface area contributed by atoms with Crippen LogP contribution in [-0.4, -0.2) is 23.5 Å². The number of carbonyl (C=O) groups excluding carboxylic acids is 1. The lowest BCUT2D eigenvalue weighted by atomic mass is 10.0. The fraction of sp³-hybridized carbons (Fsp3) is 0.385. The van der Waals surface area contributed by atoms with Gasteiger partial charge in [-0.1, -0.05) is 29.3 Å². The summed E-state index contributed by atoms with van der Waals surface area (Å²) < 4.78 is 1.53. The van der Waals surface area contributed by atoms with Gasteiger partial charge >= 0.3 is 5.97 Å². The first kappa shape index (κ1) is 16.2. The summed E-state index contributed by atoms with van der Waals surface area (Å²) in [5.74, 6) is -1.10. The molecule has 6 heteroatoms. The van der Waals surface area contributed by atoms with Gasteiger partial charge in [-0.2, -0.15) is 0 Å². The van der Waals surface area contributed by atoms with Crippen molar-refractivity contribution in [1.29, 1.82) is 0 Å². The van der Waals surface area contributed by atoms with Gasteiger partial charge in [-0.25, -0.2) is 0 Å². The lowest BCUT2D eigenvalue weighted by molar-refractivity contribution is -0.138. The number of rotatable bonds is 6. The van der Waals surface area contributed by atoms with E-state index in [4.69, 9.17) is 5.11 Å². The van der Waals surface area contributed by atoms with E-state index >= 15 is 0 Å². The number of hydrogen-bond acceptors (Lipinski definition) is 2. The average molecular weight is 393 g/mol. The number of benzene rings is 1. The highest BCUT2D eigenvalue weighted by atomic mass is 79.9. The molecule has 104 valence electrons. The van der Waals surface area contributed by atoms with Crippen molar-refractivity contribution in [3.8, 4) is 0 Å². The first-order valence-corrected chi connectivity index (χ1v) is 7.47. The third-order valence-electron chi connectivity index (χ3n) is 2.76. The van der Waals surface area contributed by atoms with E-state index in [1.807, 2.05) is 13.0 Å². The zero-order valence-electron chi connectivity index (χ0n) is 10.5. The molecule has 1 atom stereocenters. The maximum absolute atomic E-state index is 12.0. The largest absolute Gasteiger partial charge is 0.481 e. The van der Waals surface area contributed by atoms with Crippen molar-refractivity contribution in [2.45, 2.75) is 19.8 Å². The minimum atomic E-state index is -0.843. The van der Waals surface area contributed by atoms with E-state index < -0.39 is 5.97 Å². The molecule has 0 bridgehead atoms. The van der Waals surface area contributed by atoms with Crippen molar-refractivity contribution < 1.29 is 14.7 Å². The highest BCUT2D eigenvalue weighted by Crippen LogP contribution is 2.21. The quantitative estimate of drug-likeness (QED) is 0.779. The van der Waals surface area contributed by atoms with Crippen LogP contribution in [0.15, 0.2) is 27.1 Å². The number of amides is 1. The Morgan fingerprint density at radius 3 is 2.63 bits per heavy atom. The summed E-state index contributed by atoms with van der Waals surface area (Å²) in [6.45, 7) is 2.27. The summed E-state index contributed by atoms with van der Waals surface area (Å²) >= 11 is 6.63. The molecule has 0 aromatic heterocycles. The predicted octanol–water partition coefficient (Wildman–Crippen LogP) is 3.44. The fourth-order valence-corrected chi connectivity index (χ4v) is 2.40. The van der Waals surface area contributed by atoms with Crippen LogP contribution in [-0.2, 0) is 4.79 Å². The highest BCUT2D eigenvalue weighted by molar-refractivity contribution is 9.11. The molecule has 0 saturated heterocycles. The number of carboxylic acid groups (broad SMARTS) is 1. The summed E-state index contributed by atoms with van der Waals surface area (Å²) in [7, 11) is 0. The van der Waals surface area contributed by atoms with Gasteiger partial charge in [-0.15, -0.1) is 0 Å². The van der Waals surface area contributed by atoms with E-state index in [2.05, 4.69) is 37.2 Å². The van der Waals surface area contributed by atoms with Crippen LogP contribution in [0.25, 0.3) is 0 Å². The monoisotopic (exact) mass is 391 g/mol. The Kier molecular flexibility index (Phi) is 6.51. The van der Waals surface area contributed by atoms with Gasteiger partial charge in [0.25, 0.3) is 5.91 Å². The Morgan fingerprint density at radius 2 is 2.05 bits per heavy atom. The normalized spacial score (nSPS) is 11.9. The molecule has 1 rings (SSSR count). The smallest absolute Gasteiger partial charge is 0.303 e. The molecular formula is C13H15Br2NO3. The molecule has 1 unspecified atom stereocenters. The molecule has 0 aliphatic rings. The Hall–Kier alpha value is -0.880. The molecule has 0 heterocycles. The summed E-state index contributed by atoms with van der Waals surface area (Å²) in [4.78, 5) is 22.7. The fourth-order valence-electron chi connectivity index (χ4n) is 1.61. The second-order valence-electron chi connectivity index (χ2n) is 4.21. The number of hydrogen-bond donors (Lipinski definition) is 2. The maximum Gasteiger partial charge on any atom is 0.303 e. The highest BCUT2D eigenvalue weighted by Gasteiger charge is 2.15. The van der Waals surface area contributed by atoms with Gasteiger partial charge in [0, 0.05) is 21.9 Å². The van der Waals surface area contributed by atoms with Gasteiger partial charge in [-0.05, 0) is 40.0 Å². The van der Waals surface area contributed by atoms with Gasteiger partial charge in [0.05, 0.1) is 5.56 Å². The Morgan fingerprint density at radius 1 is 1.37 bits per heavy atom. The molecular weight excluding hydrogens is 378 g/mol. The van der Waals surface area contributed by atoms with Gasteiger partial charge in [0.15, 0.2) is 0 Å². The van der Waals surface area contributed by atoms with Crippen molar-refractivity contribution in [3.63, 3.8) is 0 Å². The van der Waals surface area contributed by atoms with E-state index in [9.17, 15) is 9.59 Å². The third kappa shape index (κ3) is 5.32. The second kappa shape index (κ2) is 7.65. The lowest BCUT2D eigenvalue weighted by Gasteiger charge is -2.14. The van der Waals surface area contributed by atoms with Gasteiger partial charge in [0.2, 0.25) is 0 Å². The molecule has 0 aliphatic heterocycles. The number of carbonyl (C=O) groups is 2. The molecule has 0 radical (unpaired) electrons. The van der Waals surface area contributed by atoms with E-state index in [0.717, 1.165) is 4.47 Å². The van der Waals surface area contributed by atoms with Crippen LogP contribution in [0.4, 0.5) is 0 Å². The maximum atomic E-state index is 12.0. The molecule has 0 spiro atoms. The van der Waals surface area contributed by atoms with Crippen LogP contribution in [0.5, 0.6) is 0 Å². The number of nitrogens with one attached hydrogen (secondary N) is 1. The van der Waals surface area contributed by atoms with Gasteiger partial charge in [-0.3, -0.25) is 9.59 Å². The Bertz CT molecular complexity index is 477. The van der Waals surface area contributed by atoms with Crippen LogP contribution in [0.2, 0.25) is 0 Å². The molecule has 1 aromatic carbocycles. The predicted molar refractivity (Wildman–Crippen MR) is 80.2 cm³/mol. The number of carboxylic acids is 1. The van der Waals surface area contributed by atoms with Crippen LogP contribution in [0.3, 0.4) is 0 Å². The summed E-state index contributed by atoms with van der Waals surface area (Å²) in [5, 5.41) is 11.5. The van der Waals surface area contributed by atoms with Crippen molar-refractivity contribution in [2.24, 2.45) is 5.92 Å². The molecule has 1 amide bonds. The first-order chi connectivity index (χ1) is 8.93. The second-order valence-corrected chi connectivity index (χ2v) is 5.98. The van der Waals surface area contributed by atoms with E-state index in [-0.39, 0.29) is 18.2 Å². The van der Waals surface area contributed by atoms with Crippen LogP contribution < -0.4 is 5.32 Å². The zero-order chi connectivity index (χ0) is 14.4. The van der Waals surface area contributed by atoms with Crippen molar-refractivity contribution in [1.82, 2.24) is 5.32 Å². The van der Waals surface area contributed by atoms with Crippen molar-refractivity contribution in [2.75, 3.05) is 6.54 Å². The molecule has 19 heavy (non-hydrogen) atoms. The topological polar surface area (TPSA) is 66.4 Å². The van der Waals surface area contributed by atoms with Crippen molar-refractivity contribution in [3.05, 3.63) is 32.7 Å². The average Bonchev–Trinajstić information content (AvgIpc) is 2.36. The molecule has 1 aromatic rings. The minimum absolute atomic E-state index is 0.0487. The van der Waals surface area contributed by atoms with Crippen LogP contribution in [0.1, 0.15) is 30.1 Å². The van der Waals surface area contributed by atoms with Crippen molar-refractivity contribution >= 4 is 43.7 Å². The van der Waals surface area contributed by atoms with E-state index in [0.29, 0.717) is 23.0 Å². The van der Waals surface area contributed by atoms with Gasteiger partial charge in [0.1, 0.15) is 0 Å². The SMILES string of the molecule is CCC(CNC(=O)c1cc(Br)ccc1Br)CC(=O)O. The molecule has 0 fully saturated rings. The standard InChI is InChI=1S/C13H15Br2NO3/c1-2-8(5-12(17)18)7-16-13(19)10-6-9(14)3-4-11(10)15/h3-4,6,8H,2,5,7H2,1H3,(H,16,19)(H,17,18). The number of halogens is 2. The molecule has 2 N–H and O–H groups in total. The van der Waals surface area contributed by atoms with E-state index in [1.54, 1.807) is 12.1 Å². The lowest BCUT2D eigenvalue weighted by Crippen LogP contribution is -2.30. The summed E-state index contributed by atoms with van der Waals surface area (Å²) in [6, 6.07) is 5.34. The molecule has 4 nitrogen and oxygen atoms in total. The minimum Gasteiger partial charge on any atom is -0.481 e. The van der Waals surface area contributed by atoms with Crippen LogP contribution in [0, 0.1) is 5.92 Å². The van der Waals surface area contributed by atoms with E-state index in [1.165, 1.54) is 0 Å².